The third kappa shape index (κ3) is 5.49. The molecule has 3 N–H and O–H groups in total. The number of amidine groups is 1. The SMILES string of the molecule is NC1=NCCC(c2sc(C3CCOCC3)nc2-c2cccc(NSC3=C(F)CCN=C3)c2F)=CC1. The van der Waals surface area contributed by atoms with Gasteiger partial charge in [0.15, 0.2) is 5.82 Å². The van der Waals surface area contributed by atoms with Crippen molar-refractivity contribution in [3.05, 3.63) is 50.7 Å². The van der Waals surface area contributed by atoms with E-state index in [9.17, 15) is 4.39 Å². The summed E-state index contributed by atoms with van der Waals surface area (Å²) in [6.07, 6.45) is 6.96. The summed E-state index contributed by atoms with van der Waals surface area (Å²) >= 11 is 2.67. The van der Waals surface area contributed by atoms with Gasteiger partial charge in [-0.1, -0.05) is 12.1 Å². The number of rotatable bonds is 6. The summed E-state index contributed by atoms with van der Waals surface area (Å²) in [7, 11) is 0. The fourth-order valence-electron chi connectivity index (χ4n) is 4.27. The summed E-state index contributed by atoms with van der Waals surface area (Å²) in [6, 6.07) is 5.19. The van der Waals surface area contributed by atoms with Crippen LogP contribution in [0.1, 0.15) is 47.9 Å². The number of ether oxygens (including phenoxy) is 1. The summed E-state index contributed by atoms with van der Waals surface area (Å²) in [4.78, 5) is 14.8. The van der Waals surface area contributed by atoms with Crippen molar-refractivity contribution < 1.29 is 13.5 Å². The molecule has 10 heteroatoms. The zero-order valence-corrected chi connectivity index (χ0v) is 20.9. The zero-order chi connectivity index (χ0) is 24.2. The molecule has 0 atom stereocenters. The van der Waals surface area contributed by atoms with Gasteiger partial charge in [-0.25, -0.2) is 13.8 Å². The minimum atomic E-state index is -0.413. The van der Waals surface area contributed by atoms with E-state index in [1.807, 2.05) is 0 Å². The first kappa shape index (κ1) is 24.1. The summed E-state index contributed by atoms with van der Waals surface area (Å²) in [6.45, 7) is 2.46. The molecular formula is C25H27F2N5OS2. The molecule has 0 amide bonds. The normalized spacial score (nSPS) is 19.4. The highest BCUT2D eigenvalue weighted by Crippen LogP contribution is 2.42. The second kappa shape index (κ2) is 11.0. The van der Waals surface area contributed by atoms with Gasteiger partial charge in [-0.2, -0.15) is 0 Å². The van der Waals surface area contributed by atoms with Gasteiger partial charge in [-0.15, -0.1) is 11.3 Å². The van der Waals surface area contributed by atoms with Crippen molar-refractivity contribution in [2.24, 2.45) is 15.7 Å². The molecule has 2 aromatic rings. The minimum absolute atomic E-state index is 0.237. The molecule has 0 radical (unpaired) electrons. The maximum atomic E-state index is 15.8. The van der Waals surface area contributed by atoms with E-state index < -0.39 is 5.82 Å². The van der Waals surface area contributed by atoms with Crippen molar-refractivity contribution in [3.63, 3.8) is 0 Å². The van der Waals surface area contributed by atoms with Crippen LogP contribution in [0.4, 0.5) is 14.5 Å². The fourth-order valence-corrected chi connectivity index (χ4v) is 6.30. The Morgan fingerprint density at radius 1 is 1.14 bits per heavy atom. The van der Waals surface area contributed by atoms with Crippen molar-refractivity contribution >= 4 is 46.6 Å². The molecule has 3 aliphatic rings. The Labute approximate surface area is 211 Å². The van der Waals surface area contributed by atoms with Crippen LogP contribution < -0.4 is 10.5 Å². The van der Waals surface area contributed by atoms with E-state index in [1.54, 1.807) is 29.5 Å². The second-order valence-electron chi connectivity index (χ2n) is 8.60. The number of dihydropyridines is 1. The minimum Gasteiger partial charge on any atom is -0.387 e. The zero-order valence-electron chi connectivity index (χ0n) is 19.2. The fraction of sp³-hybridized carbons (Fsp3) is 0.400. The van der Waals surface area contributed by atoms with Gasteiger partial charge in [0.25, 0.3) is 0 Å². The van der Waals surface area contributed by atoms with Gasteiger partial charge in [0, 0.05) is 56.8 Å². The van der Waals surface area contributed by atoms with Crippen LogP contribution in [0.2, 0.25) is 0 Å². The number of benzene rings is 1. The maximum absolute atomic E-state index is 15.8. The molecular weight excluding hydrogens is 488 g/mol. The van der Waals surface area contributed by atoms with Gasteiger partial charge in [0.2, 0.25) is 0 Å². The van der Waals surface area contributed by atoms with E-state index in [0.29, 0.717) is 60.6 Å². The van der Waals surface area contributed by atoms with Gasteiger partial charge in [0.05, 0.1) is 32.0 Å². The van der Waals surface area contributed by atoms with Gasteiger partial charge in [-0.05, 0) is 48.9 Å². The lowest BCUT2D eigenvalue weighted by Gasteiger charge is -2.19. The first-order valence-electron chi connectivity index (χ1n) is 11.8. The Hall–Kier alpha value is -2.56. The first-order chi connectivity index (χ1) is 17.1. The largest absolute Gasteiger partial charge is 0.387 e. The molecule has 1 fully saturated rings. The third-order valence-electron chi connectivity index (χ3n) is 6.22. The Morgan fingerprint density at radius 3 is 2.83 bits per heavy atom. The number of nitrogens with zero attached hydrogens (tertiary/aromatic N) is 3. The Morgan fingerprint density at radius 2 is 2.00 bits per heavy atom. The molecule has 0 bridgehead atoms. The molecule has 3 aliphatic heterocycles. The van der Waals surface area contributed by atoms with Crippen LogP contribution in [-0.2, 0) is 4.74 Å². The van der Waals surface area contributed by atoms with Crippen LogP contribution in [0.25, 0.3) is 16.8 Å². The number of nitrogens with two attached hydrogens (primary N) is 1. The summed E-state index contributed by atoms with van der Waals surface area (Å²) in [5.74, 6) is 0.259. The molecule has 0 unspecified atom stereocenters. The van der Waals surface area contributed by atoms with Crippen LogP contribution in [0.15, 0.2) is 45.0 Å². The number of hydrogen-bond acceptors (Lipinski definition) is 8. The molecule has 0 saturated carbocycles. The van der Waals surface area contributed by atoms with Crippen molar-refractivity contribution in [2.45, 2.75) is 38.0 Å². The molecule has 6 nitrogen and oxygen atoms in total. The van der Waals surface area contributed by atoms with Gasteiger partial charge < -0.3 is 15.2 Å². The average Bonchev–Trinajstić information content (AvgIpc) is 3.20. The van der Waals surface area contributed by atoms with Crippen LogP contribution in [-0.4, -0.2) is 43.3 Å². The summed E-state index contributed by atoms with van der Waals surface area (Å²) in [5.41, 5.74) is 8.40. The van der Waals surface area contributed by atoms with Crippen molar-refractivity contribution in [1.29, 1.82) is 0 Å². The number of halogens is 2. The van der Waals surface area contributed by atoms with Crippen molar-refractivity contribution in [3.8, 4) is 11.3 Å². The average molecular weight is 516 g/mol. The van der Waals surface area contributed by atoms with E-state index in [1.165, 1.54) is 6.21 Å². The smallest absolute Gasteiger partial charge is 0.156 e. The number of hydrogen-bond donors (Lipinski definition) is 2. The lowest BCUT2D eigenvalue weighted by Crippen LogP contribution is -2.13. The van der Waals surface area contributed by atoms with E-state index in [2.05, 4.69) is 20.8 Å². The van der Waals surface area contributed by atoms with Crippen LogP contribution in [0, 0.1) is 5.82 Å². The Balaban J connectivity index is 1.50. The molecule has 0 aliphatic carbocycles. The lowest BCUT2D eigenvalue weighted by atomic mass is 10.0. The Kier molecular flexibility index (Phi) is 7.60. The Bertz CT molecular complexity index is 1210. The van der Waals surface area contributed by atoms with E-state index >= 15 is 4.39 Å². The standard InChI is InChI=1S/C25H27F2N5OS2/c26-18-7-10-29-14-20(18)35-32-19-3-1-2-17(22(19)27)23-24(15-4-5-21(28)30-11-6-15)34-25(31-23)16-8-12-33-13-9-16/h1-4,14,16,32H,5-13H2,(H2,28,30). The lowest BCUT2D eigenvalue weighted by molar-refractivity contribution is 0.0853. The number of aromatic nitrogens is 1. The quantitative estimate of drug-likeness (QED) is 0.455. The van der Waals surface area contributed by atoms with Crippen LogP contribution in [0.5, 0.6) is 0 Å². The molecule has 0 spiro atoms. The third-order valence-corrected chi connectivity index (χ3v) is 8.38. The monoisotopic (exact) mass is 515 g/mol. The molecule has 184 valence electrons. The second-order valence-corrected chi connectivity index (χ2v) is 10.5. The van der Waals surface area contributed by atoms with Crippen LogP contribution >= 0.6 is 23.3 Å². The summed E-state index contributed by atoms with van der Waals surface area (Å²) in [5, 5.41) is 1.01. The van der Waals surface area contributed by atoms with Gasteiger partial charge in [-0.3, -0.25) is 9.98 Å². The number of anilines is 1. The molecule has 5 rings (SSSR count). The molecule has 35 heavy (non-hydrogen) atoms. The maximum Gasteiger partial charge on any atom is 0.156 e. The predicted octanol–water partition coefficient (Wildman–Crippen LogP) is 6.09. The highest BCUT2D eigenvalue weighted by atomic mass is 32.2. The number of thiazole rings is 1. The molecule has 1 aromatic carbocycles. The predicted molar refractivity (Wildman–Crippen MR) is 141 cm³/mol. The molecule has 4 heterocycles. The molecule has 1 saturated heterocycles. The van der Waals surface area contributed by atoms with Crippen molar-refractivity contribution in [1.82, 2.24) is 4.98 Å². The van der Waals surface area contributed by atoms with E-state index in [0.717, 1.165) is 46.7 Å². The number of nitrogens with one attached hydrogen (secondary N) is 1. The highest BCUT2D eigenvalue weighted by molar-refractivity contribution is 8.05. The van der Waals surface area contributed by atoms with Gasteiger partial charge >= 0.3 is 0 Å². The summed E-state index contributed by atoms with van der Waals surface area (Å²) < 4.78 is 38.4. The first-order valence-corrected chi connectivity index (χ1v) is 13.4. The van der Waals surface area contributed by atoms with Gasteiger partial charge in [0.1, 0.15) is 5.83 Å². The van der Waals surface area contributed by atoms with E-state index in [4.69, 9.17) is 15.5 Å². The topological polar surface area (TPSA) is 84.9 Å². The number of allylic oxidation sites excluding steroid dienone is 1. The van der Waals surface area contributed by atoms with Crippen molar-refractivity contribution in [2.75, 3.05) is 31.0 Å². The molecule has 1 aromatic heterocycles. The number of aliphatic imine (C=N–C) groups is 2. The van der Waals surface area contributed by atoms with Crippen LogP contribution in [0.3, 0.4) is 0 Å². The highest BCUT2D eigenvalue weighted by Gasteiger charge is 2.26. The van der Waals surface area contributed by atoms with E-state index in [-0.39, 0.29) is 17.9 Å².